The van der Waals surface area contributed by atoms with Crippen molar-refractivity contribution in [1.82, 2.24) is 0 Å². The van der Waals surface area contributed by atoms with E-state index in [2.05, 4.69) is 41.5 Å². The summed E-state index contributed by atoms with van der Waals surface area (Å²) in [6, 6.07) is 8.30. The second-order valence-corrected chi connectivity index (χ2v) is 15.7. The highest BCUT2D eigenvalue weighted by Crippen LogP contribution is 2.36. The molecule has 0 aliphatic heterocycles. The molecule has 4 nitrogen and oxygen atoms in total. The number of carboxylic acid groups (broad SMARTS) is 1. The van der Waals surface area contributed by atoms with Gasteiger partial charge in [0, 0.05) is 0 Å². The minimum absolute atomic E-state index is 0.00429. The Morgan fingerprint density at radius 1 is 0.426 bits per heavy atom. The van der Waals surface area contributed by atoms with Gasteiger partial charge in [-0.15, -0.1) is 0 Å². The lowest BCUT2D eigenvalue weighted by molar-refractivity contribution is 0.0494. The van der Waals surface area contributed by atoms with Gasteiger partial charge in [0.25, 0.3) is 0 Å². The normalized spacial score (nSPS) is 11.0. The molecule has 0 fully saturated rings. The predicted octanol–water partition coefficient (Wildman–Crippen LogP) is 15.4. The number of hydrogen-bond acceptors (Lipinski definition) is 3. The van der Waals surface area contributed by atoms with Gasteiger partial charge in [-0.2, -0.15) is 0 Å². The molecule has 308 valence electrons. The molecule has 0 heterocycles. The van der Waals surface area contributed by atoms with Crippen molar-refractivity contribution in [2.75, 3.05) is 6.61 Å². The summed E-state index contributed by atoms with van der Waals surface area (Å²) in [5.74, 6) is -0.875. The molecular formula is C50H84O4. The lowest BCUT2D eigenvalue weighted by Crippen LogP contribution is -2.20. The van der Waals surface area contributed by atoms with E-state index in [1.165, 1.54) is 159 Å². The largest absolute Gasteiger partial charge is 0.478 e. The molecule has 2 aromatic carbocycles. The molecule has 0 amide bonds. The van der Waals surface area contributed by atoms with Crippen LogP contribution in [0.15, 0.2) is 30.3 Å². The zero-order valence-corrected chi connectivity index (χ0v) is 36.3. The van der Waals surface area contributed by atoms with E-state index in [1.807, 2.05) is 0 Å². The molecule has 0 spiro atoms. The zero-order chi connectivity index (χ0) is 39.7. The summed E-state index contributed by atoms with van der Waals surface area (Å²) in [5.41, 5.74) is 9.03. The monoisotopic (exact) mass is 749 g/mol. The fourth-order valence-corrected chi connectivity index (χ4v) is 7.72. The van der Waals surface area contributed by atoms with Crippen molar-refractivity contribution >= 4 is 11.9 Å². The van der Waals surface area contributed by atoms with Crippen LogP contribution >= 0.6 is 0 Å². The minimum Gasteiger partial charge on any atom is -0.478 e. The predicted molar refractivity (Wildman–Crippen MR) is 233 cm³/mol. The van der Waals surface area contributed by atoms with E-state index in [0.717, 1.165) is 44.1 Å². The minimum atomic E-state index is -0.879. The van der Waals surface area contributed by atoms with Crippen LogP contribution in [0, 0.1) is 0 Å². The fraction of sp³-hybridized carbons (Fsp3) is 0.720. The number of benzene rings is 2. The summed E-state index contributed by atoms with van der Waals surface area (Å²) >= 11 is 0. The van der Waals surface area contributed by atoms with E-state index in [1.54, 1.807) is 47.0 Å². The first-order chi connectivity index (χ1) is 26.4. The third kappa shape index (κ3) is 20.9. The lowest BCUT2D eigenvalue weighted by Gasteiger charge is -2.27. The Balaban J connectivity index is 0.00000140. The summed E-state index contributed by atoms with van der Waals surface area (Å²) in [6.45, 7) is 14.4. The van der Waals surface area contributed by atoms with Gasteiger partial charge in [0.05, 0.1) is 17.7 Å². The molecule has 0 radical (unpaired) electrons. The SMILES string of the molecule is CCCCCCOC(=O)c1c(CCCCCC)c(CCCCCC)c(CCCCCC)c(CCCCCC)c1CCCCCC.O=C(O)c1ccccc1. The molecule has 0 aromatic heterocycles. The smallest absolute Gasteiger partial charge is 0.338 e. The highest BCUT2D eigenvalue weighted by Gasteiger charge is 2.27. The van der Waals surface area contributed by atoms with Gasteiger partial charge in [0.2, 0.25) is 0 Å². The van der Waals surface area contributed by atoms with Crippen molar-refractivity contribution < 1.29 is 19.4 Å². The molecule has 4 heteroatoms. The molecule has 0 unspecified atom stereocenters. The van der Waals surface area contributed by atoms with Crippen LogP contribution in [0.3, 0.4) is 0 Å². The van der Waals surface area contributed by atoms with E-state index in [-0.39, 0.29) is 5.97 Å². The maximum Gasteiger partial charge on any atom is 0.338 e. The van der Waals surface area contributed by atoms with Gasteiger partial charge < -0.3 is 9.84 Å². The second kappa shape index (κ2) is 33.7. The zero-order valence-electron chi connectivity index (χ0n) is 36.3. The Morgan fingerprint density at radius 3 is 1.06 bits per heavy atom. The van der Waals surface area contributed by atoms with Crippen molar-refractivity contribution in [3.8, 4) is 0 Å². The lowest BCUT2D eigenvalue weighted by atomic mass is 9.78. The second-order valence-electron chi connectivity index (χ2n) is 15.7. The highest BCUT2D eigenvalue weighted by molar-refractivity contribution is 5.94. The Morgan fingerprint density at radius 2 is 0.741 bits per heavy atom. The maximum absolute atomic E-state index is 14.3. The van der Waals surface area contributed by atoms with Crippen molar-refractivity contribution in [3.05, 3.63) is 69.3 Å². The molecule has 0 bridgehead atoms. The summed E-state index contributed by atoms with van der Waals surface area (Å²) in [4.78, 5) is 24.5. The first-order valence-electron chi connectivity index (χ1n) is 23.0. The van der Waals surface area contributed by atoms with Crippen LogP contribution in [0.1, 0.15) is 244 Å². The Labute approximate surface area is 334 Å². The topological polar surface area (TPSA) is 63.6 Å². The Kier molecular flexibility index (Phi) is 30.8. The van der Waals surface area contributed by atoms with Crippen LogP contribution in [0.25, 0.3) is 0 Å². The Bertz CT molecular complexity index is 1170. The molecule has 0 saturated heterocycles. The van der Waals surface area contributed by atoms with Crippen LogP contribution in [0.2, 0.25) is 0 Å². The standard InChI is InChI=1S/C43H78O2.C7H6O2/c1-7-13-19-25-31-37-38(32-26-20-14-8-2)40(34-28-22-16-10-4)42(43(44)45-36-30-24-18-12-6)41(35-29-23-17-11-5)39(37)33-27-21-15-9-3;8-7(9)6-4-2-1-3-5-6/h7-36H2,1-6H3;1-5H,(H,8,9). The van der Waals surface area contributed by atoms with E-state index in [9.17, 15) is 9.59 Å². The van der Waals surface area contributed by atoms with Crippen LogP contribution in [-0.4, -0.2) is 23.7 Å². The number of carbonyl (C=O) groups excluding carboxylic acids is 1. The number of hydrogen-bond donors (Lipinski definition) is 1. The fourth-order valence-electron chi connectivity index (χ4n) is 7.72. The van der Waals surface area contributed by atoms with Gasteiger partial charge in [-0.1, -0.05) is 175 Å². The molecule has 2 aromatic rings. The molecule has 0 atom stereocenters. The number of carboxylic acids is 1. The third-order valence-corrected chi connectivity index (χ3v) is 10.9. The molecule has 1 N–H and O–H groups in total. The van der Waals surface area contributed by atoms with Crippen molar-refractivity contribution in [2.45, 2.75) is 228 Å². The number of unbranched alkanes of at least 4 members (excludes halogenated alkanes) is 18. The van der Waals surface area contributed by atoms with Crippen molar-refractivity contribution in [2.24, 2.45) is 0 Å². The quantitative estimate of drug-likeness (QED) is 0.0598. The molecule has 0 saturated carbocycles. The number of ether oxygens (including phenoxy) is 1. The summed E-state index contributed by atoms with van der Waals surface area (Å²) in [7, 11) is 0. The van der Waals surface area contributed by atoms with E-state index >= 15 is 0 Å². The third-order valence-electron chi connectivity index (χ3n) is 10.9. The average Bonchev–Trinajstić information content (AvgIpc) is 3.18. The number of rotatable bonds is 32. The molecule has 2 rings (SSSR count). The van der Waals surface area contributed by atoms with E-state index < -0.39 is 5.97 Å². The molecule has 0 aliphatic rings. The molecular weight excluding hydrogens is 665 g/mol. The van der Waals surface area contributed by atoms with E-state index in [0.29, 0.717) is 12.2 Å². The van der Waals surface area contributed by atoms with Crippen LogP contribution < -0.4 is 0 Å². The average molecular weight is 749 g/mol. The summed E-state index contributed by atoms with van der Waals surface area (Å²) in [6.07, 6.45) is 35.5. The van der Waals surface area contributed by atoms with Gasteiger partial charge in [0.15, 0.2) is 0 Å². The molecule has 0 aliphatic carbocycles. The van der Waals surface area contributed by atoms with Crippen molar-refractivity contribution in [3.63, 3.8) is 0 Å². The number of esters is 1. The van der Waals surface area contributed by atoms with Gasteiger partial charge in [-0.05, 0) is 111 Å². The van der Waals surface area contributed by atoms with E-state index in [4.69, 9.17) is 9.84 Å². The van der Waals surface area contributed by atoms with Crippen LogP contribution in [0.5, 0.6) is 0 Å². The first kappa shape index (κ1) is 49.4. The van der Waals surface area contributed by atoms with Gasteiger partial charge >= 0.3 is 11.9 Å². The van der Waals surface area contributed by atoms with Crippen LogP contribution in [0.4, 0.5) is 0 Å². The first-order valence-corrected chi connectivity index (χ1v) is 23.0. The number of carbonyl (C=O) groups is 2. The molecule has 54 heavy (non-hydrogen) atoms. The summed E-state index contributed by atoms with van der Waals surface area (Å²) in [5, 5.41) is 8.38. The van der Waals surface area contributed by atoms with Crippen LogP contribution in [-0.2, 0) is 36.8 Å². The Hall–Kier alpha value is -2.62. The maximum atomic E-state index is 14.3. The van der Waals surface area contributed by atoms with Gasteiger partial charge in [-0.25, -0.2) is 9.59 Å². The van der Waals surface area contributed by atoms with Crippen molar-refractivity contribution in [1.29, 1.82) is 0 Å². The van der Waals surface area contributed by atoms with Gasteiger partial charge in [-0.3, -0.25) is 0 Å². The summed E-state index contributed by atoms with van der Waals surface area (Å²) < 4.78 is 6.22. The van der Waals surface area contributed by atoms with Gasteiger partial charge in [0.1, 0.15) is 0 Å². The highest BCUT2D eigenvalue weighted by atomic mass is 16.5. The number of aromatic carboxylic acids is 1.